The van der Waals surface area contributed by atoms with E-state index < -0.39 is 0 Å². The number of hydrogen-bond acceptors (Lipinski definition) is 6. The van der Waals surface area contributed by atoms with Crippen molar-refractivity contribution in [2.24, 2.45) is 0 Å². The minimum absolute atomic E-state index is 0.0319. The van der Waals surface area contributed by atoms with E-state index in [2.05, 4.69) is 28.7 Å². The topological polar surface area (TPSA) is 88.0 Å². The van der Waals surface area contributed by atoms with Gasteiger partial charge in [0.25, 0.3) is 5.91 Å². The summed E-state index contributed by atoms with van der Waals surface area (Å²) in [5.74, 6) is 1.54. The molecule has 0 aliphatic heterocycles. The Morgan fingerprint density at radius 3 is 2.41 bits per heavy atom. The van der Waals surface area contributed by atoms with Gasteiger partial charge < -0.3 is 15.5 Å². The van der Waals surface area contributed by atoms with Crippen LogP contribution in [0.25, 0.3) is 16.6 Å². The maximum Gasteiger partial charge on any atom is 0.254 e. The third-order valence-electron chi connectivity index (χ3n) is 7.00. The van der Waals surface area contributed by atoms with E-state index in [-0.39, 0.29) is 18.0 Å². The van der Waals surface area contributed by atoms with Gasteiger partial charge in [-0.2, -0.15) is 10.1 Å². The summed E-state index contributed by atoms with van der Waals surface area (Å²) in [6.07, 6.45) is 7.17. The van der Waals surface area contributed by atoms with E-state index in [1.165, 1.54) is 0 Å². The summed E-state index contributed by atoms with van der Waals surface area (Å²) in [5, 5.41) is 12.4. The fourth-order valence-corrected chi connectivity index (χ4v) is 5.13. The molecule has 2 aromatic carbocycles. The molecule has 5 rings (SSSR count). The van der Waals surface area contributed by atoms with Crippen molar-refractivity contribution >= 4 is 28.6 Å². The van der Waals surface area contributed by atoms with E-state index in [1.807, 2.05) is 72.2 Å². The largest absolute Gasteiger partial charge is 0.362 e. The SMILES string of the molecule is CCCc1c(C(=O)N[C@H]2CC[C@@H](Nc3nc(N(C)C)c4ccccc4n3)CC2)cnn1-c1ccccc1. The number of benzene rings is 2. The van der Waals surface area contributed by atoms with Gasteiger partial charge in [0.2, 0.25) is 5.95 Å². The van der Waals surface area contributed by atoms with Crippen LogP contribution in [0.4, 0.5) is 11.8 Å². The Hall–Kier alpha value is -3.94. The number of anilines is 2. The van der Waals surface area contributed by atoms with E-state index >= 15 is 0 Å². The molecule has 8 heteroatoms. The normalized spacial score (nSPS) is 17.5. The molecule has 1 saturated carbocycles. The number of nitrogens with one attached hydrogen (secondary N) is 2. The lowest BCUT2D eigenvalue weighted by Crippen LogP contribution is -2.40. The number of hydrogen-bond donors (Lipinski definition) is 2. The zero-order chi connectivity index (χ0) is 25.8. The minimum atomic E-state index is -0.0319. The van der Waals surface area contributed by atoms with Crippen molar-refractivity contribution in [3.05, 3.63) is 72.1 Å². The van der Waals surface area contributed by atoms with Crippen LogP contribution in [0.5, 0.6) is 0 Å². The van der Waals surface area contributed by atoms with Crippen molar-refractivity contribution in [3.63, 3.8) is 0 Å². The summed E-state index contributed by atoms with van der Waals surface area (Å²) in [7, 11) is 4.00. The number of rotatable bonds is 8. The second kappa shape index (κ2) is 11.0. The number of aromatic nitrogens is 4. The van der Waals surface area contributed by atoms with Gasteiger partial charge in [-0.05, 0) is 56.4 Å². The lowest BCUT2D eigenvalue weighted by Gasteiger charge is -2.30. The van der Waals surface area contributed by atoms with Crippen LogP contribution < -0.4 is 15.5 Å². The van der Waals surface area contributed by atoms with Crippen molar-refractivity contribution < 1.29 is 4.79 Å². The summed E-state index contributed by atoms with van der Waals surface area (Å²) in [4.78, 5) is 24.8. The Morgan fingerprint density at radius 1 is 0.973 bits per heavy atom. The molecule has 1 amide bonds. The van der Waals surface area contributed by atoms with Gasteiger partial charge in [0.15, 0.2) is 0 Å². The van der Waals surface area contributed by atoms with Gasteiger partial charge in [0, 0.05) is 31.6 Å². The molecule has 0 saturated heterocycles. The standard InChI is InChI=1S/C29H35N7O/c1-4-10-26-24(19-30-36(26)22-11-6-5-7-12-22)28(37)31-20-15-17-21(18-16-20)32-29-33-25-14-9-8-13-23(25)27(34-29)35(2)3/h5-9,11-14,19-21H,4,10,15-18H2,1-3H3,(H,31,37)(H,32,33,34)/t20-,21+. The Bertz CT molecular complexity index is 1360. The molecule has 37 heavy (non-hydrogen) atoms. The molecular weight excluding hydrogens is 462 g/mol. The first kappa shape index (κ1) is 24.7. The van der Waals surface area contributed by atoms with Gasteiger partial charge in [0.1, 0.15) is 5.82 Å². The van der Waals surface area contributed by atoms with Crippen molar-refractivity contribution in [1.29, 1.82) is 0 Å². The summed E-state index contributed by atoms with van der Waals surface area (Å²) >= 11 is 0. The van der Waals surface area contributed by atoms with Crippen molar-refractivity contribution in [3.8, 4) is 5.69 Å². The van der Waals surface area contributed by atoms with E-state index in [0.717, 1.165) is 66.6 Å². The Kier molecular flexibility index (Phi) is 7.35. The molecule has 1 fully saturated rings. The second-order valence-corrected chi connectivity index (χ2v) is 9.95. The van der Waals surface area contributed by atoms with Crippen LogP contribution in [0.15, 0.2) is 60.8 Å². The molecule has 0 atom stereocenters. The molecule has 2 aromatic heterocycles. The molecular formula is C29H35N7O. The predicted octanol–water partition coefficient (Wildman–Crippen LogP) is 4.99. The highest BCUT2D eigenvalue weighted by Crippen LogP contribution is 2.27. The lowest BCUT2D eigenvalue weighted by molar-refractivity contribution is 0.0925. The van der Waals surface area contributed by atoms with Gasteiger partial charge in [-0.1, -0.05) is 43.7 Å². The molecule has 0 spiro atoms. The lowest BCUT2D eigenvalue weighted by atomic mass is 9.91. The first-order valence-electron chi connectivity index (χ1n) is 13.2. The van der Waals surface area contributed by atoms with Crippen molar-refractivity contribution in [2.75, 3.05) is 24.3 Å². The fraction of sp³-hybridized carbons (Fsp3) is 0.379. The summed E-state index contributed by atoms with van der Waals surface area (Å²) in [5.41, 5.74) is 3.55. The van der Waals surface area contributed by atoms with Gasteiger partial charge in [-0.15, -0.1) is 0 Å². The molecule has 1 aliphatic rings. The van der Waals surface area contributed by atoms with E-state index in [0.29, 0.717) is 11.5 Å². The number of amides is 1. The van der Waals surface area contributed by atoms with Gasteiger partial charge in [-0.3, -0.25) is 4.79 Å². The highest BCUT2D eigenvalue weighted by Gasteiger charge is 2.26. The van der Waals surface area contributed by atoms with Gasteiger partial charge in [0.05, 0.1) is 28.7 Å². The molecule has 2 heterocycles. The Labute approximate surface area is 218 Å². The number of carbonyl (C=O) groups is 1. The van der Waals surface area contributed by atoms with Crippen LogP contribution in [0.1, 0.15) is 55.1 Å². The monoisotopic (exact) mass is 497 g/mol. The summed E-state index contributed by atoms with van der Waals surface area (Å²) < 4.78 is 1.89. The zero-order valence-electron chi connectivity index (χ0n) is 21.8. The Balaban J connectivity index is 1.22. The van der Waals surface area contributed by atoms with Crippen LogP contribution in [-0.4, -0.2) is 51.8 Å². The third-order valence-corrected chi connectivity index (χ3v) is 7.00. The van der Waals surface area contributed by atoms with Crippen LogP contribution in [0, 0.1) is 0 Å². The number of fused-ring (bicyclic) bond motifs is 1. The number of para-hydroxylation sites is 2. The summed E-state index contributed by atoms with van der Waals surface area (Å²) in [6, 6.07) is 18.5. The molecule has 192 valence electrons. The van der Waals surface area contributed by atoms with Gasteiger partial charge >= 0.3 is 0 Å². The number of nitrogens with zero attached hydrogens (tertiary/aromatic N) is 5. The van der Waals surface area contributed by atoms with E-state index in [9.17, 15) is 4.79 Å². The van der Waals surface area contributed by atoms with Crippen molar-refractivity contribution in [1.82, 2.24) is 25.1 Å². The fourth-order valence-electron chi connectivity index (χ4n) is 5.13. The van der Waals surface area contributed by atoms with E-state index in [1.54, 1.807) is 6.20 Å². The molecule has 4 aromatic rings. The molecule has 0 radical (unpaired) electrons. The predicted molar refractivity (Wildman–Crippen MR) is 149 cm³/mol. The molecule has 0 unspecified atom stereocenters. The zero-order valence-corrected chi connectivity index (χ0v) is 21.8. The molecule has 1 aliphatic carbocycles. The second-order valence-electron chi connectivity index (χ2n) is 9.95. The quantitative estimate of drug-likeness (QED) is 0.357. The minimum Gasteiger partial charge on any atom is -0.362 e. The summed E-state index contributed by atoms with van der Waals surface area (Å²) in [6.45, 7) is 2.12. The van der Waals surface area contributed by atoms with Crippen LogP contribution in [-0.2, 0) is 6.42 Å². The van der Waals surface area contributed by atoms with Crippen LogP contribution in [0.2, 0.25) is 0 Å². The highest BCUT2D eigenvalue weighted by molar-refractivity contribution is 5.95. The molecule has 8 nitrogen and oxygen atoms in total. The Morgan fingerprint density at radius 2 is 1.68 bits per heavy atom. The maximum atomic E-state index is 13.2. The molecule has 0 bridgehead atoms. The first-order chi connectivity index (χ1) is 18.0. The number of carbonyl (C=O) groups excluding carboxylic acids is 1. The van der Waals surface area contributed by atoms with Crippen LogP contribution in [0.3, 0.4) is 0 Å². The maximum absolute atomic E-state index is 13.2. The average Bonchev–Trinajstić information content (AvgIpc) is 3.34. The van der Waals surface area contributed by atoms with E-state index in [4.69, 9.17) is 9.97 Å². The van der Waals surface area contributed by atoms with Crippen LogP contribution >= 0.6 is 0 Å². The first-order valence-corrected chi connectivity index (χ1v) is 13.2. The smallest absolute Gasteiger partial charge is 0.254 e. The average molecular weight is 498 g/mol. The molecule has 2 N–H and O–H groups in total. The highest BCUT2D eigenvalue weighted by atomic mass is 16.1. The third kappa shape index (κ3) is 5.43. The van der Waals surface area contributed by atoms with Crippen molar-refractivity contribution in [2.45, 2.75) is 57.5 Å². The van der Waals surface area contributed by atoms with Gasteiger partial charge in [-0.25, -0.2) is 9.67 Å².